The van der Waals surface area contributed by atoms with Gasteiger partial charge in [0.15, 0.2) is 0 Å². The summed E-state index contributed by atoms with van der Waals surface area (Å²) in [5.41, 5.74) is 7.63. The molecule has 0 amide bonds. The SMILES string of the molecule is C=[n+]1c(C(Nc2c(C(C)C)cccc2C(C)C)c2cccc3ccccc23)ccc/c1=c1/cccc2c1=CC=CC2. The molecule has 1 unspecified atom stereocenters. The molecule has 2 nitrogen and oxygen atoms in total. The molecule has 1 N–H and O–H groups in total. The third kappa shape index (κ3) is 5.00. The summed E-state index contributed by atoms with van der Waals surface area (Å²) in [4.78, 5) is 0. The molecule has 0 saturated carbocycles. The third-order valence-corrected chi connectivity index (χ3v) is 8.42. The second-order valence-corrected chi connectivity index (χ2v) is 11.7. The van der Waals surface area contributed by atoms with Crippen LogP contribution in [0.25, 0.3) is 16.8 Å². The summed E-state index contributed by atoms with van der Waals surface area (Å²) in [7, 11) is 0. The average molecular weight is 536 g/mol. The second kappa shape index (κ2) is 11.2. The molecule has 1 aliphatic rings. The van der Waals surface area contributed by atoms with Gasteiger partial charge in [-0.3, -0.25) is 0 Å². The van der Waals surface area contributed by atoms with Crippen LogP contribution in [0, 0.1) is 17.3 Å². The van der Waals surface area contributed by atoms with E-state index in [4.69, 9.17) is 0 Å². The van der Waals surface area contributed by atoms with Crippen molar-refractivity contribution in [1.29, 1.82) is 0 Å². The second-order valence-electron chi connectivity index (χ2n) is 11.7. The lowest BCUT2D eigenvalue weighted by Gasteiger charge is -2.26. The average Bonchev–Trinajstić information content (AvgIpc) is 2.99. The molecule has 5 aromatic rings. The molecular formula is C39H39N2+. The molecule has 41 heavy (non-hydrogen) atoms. The molecule has 1 aliphatic carbocycles. The van der Waals surface area contributed by atoms with E-state index in [9.17, 15) is 0 Å². The number of anilines is 1. The minimum absolute atomic E-state index is 0.112. The largest absolute Gasteiger partial charge is 0.369 e. The van der Waals surface area contributed by atoms with E-state index in [1.807, 2.05) is 0 Å². The van der Waals surface area contributed by atoms with Gasteiger partial charge in [0.05, 0.1) is 5.22 Å². The van der Waals surface area contributed by atoms with Crippen LogP contribution in [0.15, 0.2) is 109 Å². The molecule has 6 rings (SSSR count). The van der Waals surface area contributed by atoms with E-state index in [1.165, 1.54) is 49.2 Å². The van der Waals surface area contributed by atoms with E-state index in [2.05, 4.69) is 159 Å². The number of aromatic nitrogens is 1. The van der Waals surface area contributed by atoms with Gasteiger partial charge < -0.3 is 5.32 Å². The van der Waals surface area contributed by atoms with E-state index in [0.29, 0.717) is 11.8 Å². The highest BCUT2D eigenvalue weighted by atomic mass is 15.0. The van der Waals surface area contributed by atoms with Crippen molar-refractivity contribution in [2.75, 3.05) is 5.32 Å². The van der Waals surface area contributed by atoms with E-state index in [0.717, 1.165) is 17.5 Å². The summed E-state index contributed by atoms with van der Waals surface area (Å²) in [6.45, 7) is 13.8. The molecule has 0 spiro atoms. The molecule has 1 heterocycles. The minimum atomic E-state index is -0.112. The number of hydrogen-bond donors (Lipinski definition) is 1. The molecule has 0 radical (unpaired) electrons. The quantitative estimate of drug-likeness (QED) is 0.216. The Kier molecular flexibility index (Phi) is 7.32. The van der Waals surface area contributed by atoms with Crippen LogP contribution in [0.5, 0.6) is 0 Å². The molecule has 1 aromatic heterocycles. The number of para-hydroxylation sites is 1. The number of fused-ring (bicyclic) bond motifs is 2. The highest BCUT2D eigenvalue weighted by Crippen LogP contribution is 2.37. The van der Waals surface area contributed by atoms with Crippen molar-refractivity contribution in [1.82, 2.24) is 0 Å². The van der Waals surface area contributed by atoms with E-state index >= 15 is 0 Å². The topological polar surface area (TPSA) is 17.9 Å². The molecule has 1 atom stereocenters. The van der Waals surface area contributed by atoms with E-state index < -0.39 is 0 Å². The Hall–Kier alpha value is -4.43. The summed E-state index contributed by atoms with van der Waals surface area (Å²) in [6, 6.07) is 35.2. The molecule has 204 valence electrons. The number of rotatable bonds is 6. The maximum absolute atomic E-state index is 4.67. The summed E-state index contributed by atoms with van der Waals surface area (Å²) in [5, 5.41) is 10.2. The summed E-state index contributed by atoms with van der Waals surface area (Å²) in [5.74, 6) is 0.782. The van der Waals surface area contributed by atoms with Gasteiger partial charge in [0, 0.05) is 17.8 Å². The lowest BCUT2D eigenvalue weighted by Crippen LogP contribution is -2.31. The predicted molar refractivity (Wildman–Crippen MR) is 172 cm³/mol. The van der Waals surface area contributed by atoms with Gasteiger partial charge in [-0.05, 0) is 68.6 Å². The van der Waals surface area contributed by atoms with Crippen molar-refractivity contribution < 1.29 is 4.24 Å². The van der Waals surface area contributed by atoms with Crippen molar-refractivity contribution >= 4 is 22.5 Å². The molecule has 2 heteroatoms. The maximum atomic E-state index is 4.67. The van der Waals surface area contributed by atoms with Gasteiger partial charge in [-0.25, -0.2) is 0 Å². The van der Waals surface area contributed by atoms with Gasteiger partial charge in [0.25, 0.3) is 0 Å². The monoisotopic (exact) mass is 535 g/mol. The zero-order chi connectivity index (χ0) is 28.5. The van der Waals surface area contributed by atoms with Crippen molar-refractivity contribution in [3.8, 4) is 0 Å². The van der Waals surface area contributed by atoms with Crippen molar-refractivity contribution in [2.45, 2.75) is 52.0 Å². The van der Waals surface area contributed by atoms with Crippen molar-refractivity contribution in [2.24, 2.45) is 0 Å². The van der Waals surface area contributed by atoms with Crippen LogP contribution in [0.1, 0.15) is 73.5 Å². The van der Waals surface area contributed by atoms with Crippen LogP contribution >= 0.6 is 0 Å². The van der Waals surface area contributed by atoms with Gasteiger partial charge in [0.1, 0.15) is 12.8 Å². The first-order chi connectivity index (χ1) is 19.9. The Morgan fingerprint density at radius 1 is 0.707 bits per heavy atom. The highest BCUT2D eigenvalue weighted by molar-refractivity contribution is 5.87. The lowest BCUT2D eigenvalue weighted by atomic mass is 9.90. The van der Waals surface area contributed by atoms with E-state index in [1.54, 1.807) is 0 Å². The van der Waals surface area contributed by atoms with Crippen LogP contribution in [0.2, 0.25) is 0 Å². The maximum Gasteiger partial charge on any atom is 0.218 e. The van der Waals surface area contributed by atoms with E-state index in [-0.39, 0.29) is 6.04 Å². The summed E-state index contributed by atoms with van der Waals surface area (Å²) in [6.07, 6.45) is 7.58. The standard InChI is InChI=1S/C39H39N2/c1-26(2)30-20-12-21-31(27(3)4)38(30)40-39(35-23-11-17-29-15-7-9-19-33(29)35)37-25-13-24-36(41(37)5)34-22-10-16-28-14-6-8-18-32(28)34/h6-13,15-27,39-40H,5,14H2,1-4H3/q+1/b36-34+. The first-order valence-corrected chi connectivity index (χ1v) is 14.8. The molecular weight excluding hydrogens is 496 g/mol. The van der Waals surface area contributed by atoms with Crippen molar-refractivity contribution in [3.05, 3.63) is 160 Å². The lowest BCUT2D eigenvalue weighted by molar-refractivity contribution is -0.520. The fourth-order valence-electron chi connectivity index (χ4n) is 6.29. The first-order valence-electron chi connectivity index (χ1n) is 14.8. The first kappa shape index (κ1) is 26.8. The zero-order valence-corrected chi connectivity index (χ0v) is 24.6. The summed E-state index contributed by atoms with van der Waals surface area (Å²) < 4.78 is 2.15. The number of pyridine rings is 1. The molecule has 4 aromatic carbocycles. The zero-order valence-electron chi connectivity index (χ0n) is 24.6. The Labute approximate surface area is 243 Å². The number of nitrogens with zero attached hydrogens (tertiary/aromatic N) is 1. The van der Waals surface area contributed by atoms with Gasteiger partial charge in [-0.1, -0.05) is 119 Å². The van der Waals surface area contributed by atoms with Crippen LogP contribution in [0.3, 0.4) is 0 Å². The Morgan fingerprint density at radius 3 is 2.15 bits per heavy atom. The van der Waals surface area contributed by atoms with Crippen molar-refractivity contribution in [3.63, 3.8) is 0 Å². The number of nitrogens with one attached hydrogen (secondary N) is 1. The van der Waals surface area contributed by atoms with Crippen LogP contribution in [-0.2, 0) is 6.42 Å². The fourth-order valence-corrected chi connectivity index (χ4v) is 6.29. The normalized spacial score (nSPS) is 14.2. The number of hydrogen-bond acceptors (Lipinski definition) is 1. The van der Waals surface area contributed by atoms with Gasteiger partial charge in [-0.2, -0.15) is 4.24 Å². The molecule has 0 bridgehead atoms. The van der Waals surface area contributed by atoms with Crippen LogP contribution < -0.4 is 14.8 Å². The fraction of sp³-hybridized carbons (Fsp3) is 0.205. The Balaban J connectivity index is 1.67. The molecule has 0 aliphatic heterocycles. The van der Waals surface area contributed by atoms with Gasteiger partial charge in [-0.15, -0.1) is 0 Å². The number of allylic oxidation sites excluding steroid dienone is 2. The number of benzene rings is 4. The van der Waals surface area contributed by atoms with Crippen LogP contribution in [-0.4, -0.2) is 0 Å². The van der Waals surface area contributed by atoms with Gasteiger partial charge >= 0.3 is 0 Å². The highest BCUT2D eigenvalue weighted by Gasteiger charge is 2.26. The summed E-state index contributed by atoms with van der Waals surface area (Å²) >= 11 is 0. The molecule has 0 fully saturated rings. The third-order valence-electron chi connectivity index (χ3n) is 8.42. The minimum Gasteiger partial charge on any atom is -0.369 e. The van der Waals surface area contributed by atoms with Gasteiger partial charge in [0.2, 0.25) is 11.0 Å². The Morgan fingerprint density at radius 2 is 1.37 bits per heavy atom. The smallest absolute Gasteiger partial charge is 0.218 e. The van der Waals surface area contributed by atoms with Crippen LogP contribution in [0.4, 0.5) is 5.69 Å². The Bertz CT molecular complexity index is 1950. The predicted octanol–water partition coefficient (Wildman–Crippen LogP) is 8.40. The molecule has 0 saturated heterocycles.